The van der Waals surface area contributed by atoms with Gasteiger partial charge in [0.25, 0.3) is 0 Å². The maximum absolute atomic E-state index is 2.42. The molecule has 0 radical (unpaired) electrons. The van der Waals surface area contributed by atoms with Crippen molar-refractivity contribution < 1.29 is 0 Å². The molecule has 3 aromatic rings. The second kappa shape index (κ2) is 4.03. The zero-order valence-corrected chi connectivity index (χ0v) is 11.1. The lowest BCUT2D eigenvalue weighted by molar-refractivity contribution is 0.696. The highest BCUT2D eigenvalue weighted by atomic mass is 32.1. The number of hydrogen-bond donors (Lipinski definition) is 0. The summed E-state index contributed by atoms with van der Waals surface area (Å²) in [5.74, 6) is 0. The van der Waals surface area contributed by atoms with Crippen molar-refractivity contribution in [1.29, 1.82) is 0 Å². The van der Waals surface area contributed by atoms with Crippen molar-refractivity contribution in [3.63, 3.8) is 0 Å². The van der Waals surface area contributed by atoms with Gasteiger partial charge in [0.2, 0.25) is 20.9 Å². The monoisotopic (exact) mass is 251 g/mol. The fourth-order valence-electron chi connectivity index (χ4n) is 2.97. The molecule has 0 saturated carbocycles. The highest BCUT2D eigenvalue weighted by molar-refractivity contribution is 7.19. The number of hydrogen-bond acceptors (Lipinski definition) is 0. The van der Waals surface area contributed by atoms with Gasteiger partial charge in [-0.05, 0) is 42.8 Å². The lowest BCUT2D eigenvalue weighted by Crippen LogP contribution is -2.00. The maximum Gasteiger partial charge on any atom is 0.246 e. The molecule has 0 nitrogen and oxygen atoms in total. The van der Waals surface area contributed by atoms with Gasteiger partial charge in [0.15, 0.2) is 0 Å². The van der Waals surface area contributed by atoms with Crippen molar-refractivity contribution in [3.05, 3.63) is 52.9 Å². The molecule has 0 amide bonds. The molecule has 0 unspecified atom stereocenters. The molecule has 1 aliphatic carbocycles. The van der Waals surface area contributed by atoms with Gasteiger partial charge in [-0.3, -0.25) is 0 Å². The Hall–Kier alpha value is -1.47. The fraction of sp³-hybridized carbons (Fsp3) is 0.235. The van der Waals surface area contributed by atoms with E-state index < -0.39 is 0 Å². The normalized spacial score (nSPS) is 14.9. The zero-order valence-electron chi connectivity index (χ0n) is 10.3. The summed E-state index contributed by atoms with van der Waals surface area (Å²) < 4.78 is 1.47. The lowest BCUT2D eigenvalue weighted by Gasteiger charge is -2.09. The minimum absolute atomic E-state index is 1.27. The third-order valence-corrected chi connectivity index (χ3v) is 5.30. The molecular formula is C17H15S+. The Balaban J connectivity index is 2.12. The van der Waals surface area contributed by atoms with E-state index in [1.165, 1.54) is 46.5 Å². The average molecular weight is 251 g/mol. The summed E-state index contributed by atoms with van der Waals surface area (Å²) in [6, 6.07) is 15.7. The van der Waals surface area contributed by atoms with Gasteiger partial charge < -0.3 is 0 Å². The molecule has 88 valence electrons. The van der Waals surface area contributed by atoms with Crippen molar-refractivity contribution in [1.82, 2.24) is 0 Å². The van der Waals surface area contributed by atoms with Crippen LogP contribution in [0.15, 0.2) is 42.5 Å². The van der Waals surface area contributed by atoms with Crippen LogP contribution in [0.2, 0.25) is 0 Å². The van der Waals surface area contributed by atoms with Crippen LogP contribution in [0.5, 0.6) is 0 Å². The molecule has 1 heteroatoms. The topological polar surface area (TPSA) is 0 Å². The van der Waals surface area contributed by atoms with Crippen LogP contribution in [-0.2, 0) is 12.8 Å². The van der Waals surface area contributed by atoms with Crippen LogP contribution in [-0.4, -0.2) is 0 Å². The Kier molecular flexibility index (Phi) is 2.34. The minimum Gasteiger partial charge on any atom is -0.0616 e. The first-order valence-electron chi connectivity index (χ1n) is 6.68. The predicted molar refractivity (Wildman–Crippen MR) is 80.4 cm³/mol. The Bertz CT molecular complexity index is 743. The van der Waals surface area contributed by atoms with E-state index in [0.717, 1.165) is 0 Å². The maximum atomic E-state index is 2.42. The van der Waals surface area contributed by atoms with Gasteiger partial charge in [0, 0.05) is 22.8 Å². The van der Waals surface area contributed by atoms with Crippen LogP contribution in [0.3, 0.4) is 0 Å². The van der Waals surface area contributed by atoms with Crippen LogP contribution in [0, 0.1) is 0 Å². The Labute approximate surface area is 111 Å². The van der Waals surface area contributed by atoms with Crippen LogP contribution >= 0.6 is 11.3 Å². The number of aryl methyl sites for hydroxylation is 2. The van der Waals surface area contributed by atoms with E-state index in [9.17, 15) is 0 Å². The standard InChI is InChI=1S/C17H15S/c1-3-7-15-12(5-1)9-10-14-11-13-6-2-4-8-16(13)18-17(14)15/h1,3,5,7,9-11H,2,4,6,8H2/q+1. The van der Waals surface area contributed by atoms with Crippen molar-refractivity contribution in [2.75, 3.05) is 0 Å². The minimum atomic E-state index is 1.27. The van der Waals surface area contributed by atoms with E-state index in [4.69, 9.17) is 0 Å². The molecule has 4 rings (SSSR count). The second-order valence-electron chi connectivity index (χ2n) is 5.11. The van der Waals surface area contributed by atoms with E-state index >= 15 is 0 Å². The van der Waals surface area contributed by atoms with Crippen molar-refractivity contribution in [2.45, 2.75) is 25.7 Å². The number of rotatable bonds is 0. The van der Waals surface area contributed by atoms with Crippen molar-refractivity contribution in [2.24, 2.45) is 0 Å². The molecule has 0 aliphatic heterocycles. The second-order valence-corrected chi connectivity index (χ2v) is 6.21. The van der Waals surface area contributed by atoms with Gasteiger partial charge in [0.1, 0.15) is 0 Å². The van der Waals surface area contributed by atoms with Crippen molar-refractivity contribution >= 4 is 32.2 Å². The first-order valence-corrected chi connectivity index (χ1v) is 7.50. The van der Waals surface area contributed by atoms with Gasteiger partial charge in [0.05, 0.1) is 0 Å². The van der Waals surface area contributed by atoms with Crippen LogP contribution in [0.25, 0.3) is 20.9 Å². The molecular weight excluding hydrogens is 236 g/mol. The van der Waals surface area contributed by atoms with E-state index in [1.54, 1.807) is 10.4 Å². The average Bonchev–Trinajstić information content (AvgIpc) is 2.45. The first-order chi connectivity index (χ1) is 8.92. The first kappa shape index (κ1) is 10.5. The summed E-state index contributed by atoms with van der Waals surface area (Å²) >= 11 is 2.02. The molecule has 0 fully saturated rings. The fourth-order valence-corrected chi connectivity index (χ4v) is 4.29. The van der Waals surface area contributed by atoms with Gasteiger partial charge in [-0.2, -0.15) is 0 Å². The molecule has 2 aromatic carbocycles. The lowest BCUT2D eigenvalue weighted by atomic mass is 9.97. The van der Waals surface area contributed by atoms with Crippen LogP contribution in [0.4, 0.5) is 0 Å². The Morgan fingerprint density at radius 1 is 0.833 bits per heavy atom. The van der Waals surface area contributed by atoms with Crippen molar-refractivity contribution in [3.8, 4) is 0 Å². The SMILES string of the molecule is c1ccc2c(c1)ccc1cc3c([s+]c12)CCCC3. The molecule has 1 aromatic heterocycles. The third-order valence-electron chi connectivity index (χ3n) is 3.92. The van der Waals surface area contributed by atoms with Gasteiger partial charge in [-0.15, -0.1) is 0 Å². The molecule has 1 aliphatic rings. The summed E-state index contributed by atoms with van der Waals surface area (Å²) in [7, 11) is 0. The third kappa shape index (κ3) is 1.54. The molecule has 0 spiro atoms. The Morgan fingerprint density at radius 3 is 2.67 bits per heavy atom. The van der Waals surface area contributed by atoms with E-state index in [1.807, 2.05) is 11.3 Å². The van der Waals surface area contributed by atoms with Crippen LogP contribution < -0.4 is 0 Å². The molecule has 0 bridgehead atoms. The predicted octanol–water partition coefficient (Wildman–Crippen LogP) is 5.21. The summed E-state index contributed by atoms with van der Waals surface area (Å²) in [4.78, 5) is 1.62. The Morgan fingerprint density at radius 2 is 1.67 bits per heavy atom. The molecule has 0 saturated heterocycles. The zero-order chi connectivity index (χ0) is 11.9. The number of fused-ring (bicyclic) bond motifs is 4. The highest BCUT2D eigenvalue weighted by Crippen LogP contribution is 2.35. The van der Waals surface area contributed by atoms with E-state index in [2.05, 4.69) is 42.5 Å². The van der Waals surface area contributed by atoms with Crippen LogP contribution in [0.1, 0.15) is 23.3 Å². The smallest absolute Gasteiger partial charge is 0.0616 e. The van der Waals surface area contributed by atoms with E-state index in [-0.39, 0.29) is 0 Å². The van der Waals surface area contributed by atoms with Gasteiger partial charge in [-0.25, -0.2) is 0 Å². The quantitative estimate of drug-likeness (QED) is 0.380. The molecule has 18 heavy (non-hydrogen) atoms. The summed E-state index contributed by atoms with van der Waals surface area (Å²) in [5, 5.41) is 4.18. The highest BCUT2D eigenvalue weighted by Gasteiger charge is 2.21. The largest absolute Gasteiger partial charge is 0.246 e. The van der Waals surface area contributed by atoms with Gasteiger partial charge in [-0.1, -0.05) is 24.3 Å². The molecule has 0 N–H and O–H groups in total. The molecule has 1 heterocycles. The summed E-state index contributed by atoms with van der Waals surface area (Å²) in [6.07, 6.45) is 5.27. The van der Waals surface area contributed by atoms with E-state index in [0.29, 0.717) is 0 Å². The van der Waals surface area contributed by atoms with Gasteiger partial charge >= 0.3 is 0 Å². The number of benzene rings is 2. The summed E-state index contributed by atoms with van der Waals surface area (Å²) in [5.41, 5.74) is 1.59. The molecule has 0 atom stereocenters. The summed E-state index contributed by atoms with van der Waals surface area (Å²) in [6.45, 7) is 0.